The number of H-pyrrole nitrogens is 1. The second kappa shape index (κ2) is 5.75. The van der Waals surface area contributed by atoms with Crippen molar-refractivity contribution in [1.82, 2.24) is 9.97 Å². The molecule has 21 heavy (non-hydrogen) atoms. The molecule has 0 aliphatic heterocycles. The molecule has 108 valence electrons. The number of aliphatic hydroxyl groups is 1. The molecule has 0 saturated heterocycles. The smallest absolute Gasteiger partial charge is 0.171 e. The molecule has 0 bridgehead atoms. The number of halogens is 1. The maximum atomic E-state index is 13.6. The molecule has 3 aromatic rings. The van der Waals surface area contributed by atoms with Crippen molar-refractivity contribution in [2.45, 2.75) is 16.7 Å². The third-order valence-corrected chi connectivity index (χ3v) is 4.10. The molecule has 0 radical (unpaired) electrons. The zero-order chi connectivity index (χ0) is 14.8. The largest absolute Gasteiger partial charge is 0.497 e. The van der Waals surface area contributed by atoms with Crippen LogP contribution in [0.25, 0.3) is 11.0 Å². The van der Waals surface area contributed by atoms with Crippen molar-refractivity contribution in [3.8, 4) is 5.75 Å². The lowest BCUT2D eigenvalue weighted by atomic mass is 10.2. The van der Waals surface area contributed by atoms with Gasteiger partial charge in [-0.15, -0.1) is 0 Å². The maximum absolute atomic E-state index is 13.6. The monoisotopic (exact) mass is 304 g/mol. The zero-order valence-corrected chi connectivity index (χ0v) is 12.1. The number of ether oxygens (including phenoxy) is 1. The second-order valence-corrected chi connectivity index (χ2v) is 5.43. The Kier molecular flexibility index (Phi) is 3.81. The molecule has 2 N–H and O–H groups in total. The fourth-order valence-corrected chi connectivity index (χ4v) is 2.98. The number of benzene rings is 2. The molecule has 1 heterocycles. The van der Waals surface area contributed by atoms with Crippen LogP contribution < -0.4 is 4.74 Å². The van der Waals surface area contributed by atoms with Gasteiger partial charge >= 0.3 is 0 Å². The lowest BCUT2D eigenvalue weighted by Gasteiger charge is -2.05. The third-order valence-electron chi connectivity index (χ3n) is 3.11. The first kappa shape index (κ1) is 13.9. The van der Waals surface area contributed by atoms with Crippen molar-refractivity contribution in [2.24, 2.45) is 0 Å². The number of nitrogens with one attached hydrogen (secondary N) is 1. The van der Waals surface area contributed by atoms with Crippen LogP contribution in [0.1, 0.15) is 5.56 Å². The summed E-state index contributed by atoms with van der Waals surface area (Å²) in [6.45, 7) is -0.344. The predicted octanol–water partition coefficient (Wildman–Crippen LogP) is 3.35. The summed E-state index contributed by atoms with van der Waals surface area (Å²) in [5.41, 5.74) is 1.93. The Morgan fingerprint density at radius 2 is 2.19 bits per heavy atom. The Bertz CT molecular complexity index is 788. The van der Waals surface area contributed by atoms with Crippen molar-refractivity contribution in [3.05, 3.63) is 47.8 Å². The van der Waals surface area contributed by atoms with Gasteiger partial charge in [0.15, 0.2) is 5.16 Å². The SMILES string of the molecule is COc1ccc2nc(Sc3cccc(F)c3CO)[nH]c2c1. The molecule has 0 aliphatic carbocycles. The highest BCUT2D eigenvalue weighted by molar-refractivity contribution is 7.99. The third kappa shape index (κ3) is 2.72. The van der Waals surface area contributed by atoms with Crippen molar-refractivity contribution < 1.29 is 14.2 Å². The number of rotatable bonds is 4. The first-order chi connectivity index (χ1) is 10.2. The minimum absolute atomic E-state index is 0.278. The topological polar surface area (TPSA) is 58.1 Å². The first-order valence-corrected chi connectivity index (χ1v) is 7.13. The van der Waals surface area contributed by atoms with Crippen LogP contribution in [0.4, 0.5) is 4.39 Å². The van der Waals surface area contributed by atoms with Crippen molar-refractivity contribution in [1.29, 1.82) is 0 Å². The van der Waals surface area contributed by atoms with E-state index in [1.165, 1.54) is 17.8 Å². The van der Waals surface area contributed by atoms with E-state index in [9.17, 15) is 9.50 Å². The molecule has 0 amide bonds. The number of methoxy groups -OCH3 is 1. The van der Waals surface area contributed by atoms with Crippen LogP contribution >= 0.6 is 11.8 Å². The molecule has 2 aromatic carbocycles. The summed E-state index contributed by atoms with van der Waals surface area (Å²) >= 11 is 1.28. The van der Waals surface area contributed by atoms with Crippen molar-refractivity contribution >= 4 is 22.8 Å². The summed E-state index contributed by atoms with van der Waals surface area (Å²) in [6, 6.07) is 10.2. The van der Waals surface area contributed by atoms with E-state index < -0.39 is 5.82 Å². The van der Waals surface area contributed by atoms with Gasteiger partial charge in [-0.05, 0) is 24.3 Å². The standard InChI is InChI=1S/C15H13FN2O2S/c1-20-9-5-6-12-13(7-9)18-15(17-12)21-14-4-2-3-11(16)10(14)8-19/h2-7,19H,8H2,1H3,(H,17,18). The minimum Gasteiger partial charge on any atom is -0.497 e. The van der Waals surface area contributed by atoms with Crippen LogP contribution in [-0.4, -0.2) is 22.2 Å². The molecule has 0 atom stereocenters. The summed E-state index contributed by atoms with van der Waals surface area (Å²) < 4.78 is 18.8. The highest BCUT2D eigenvalue weighted by Crippen LogP contribution is 2.31. The van der Waals surface area contributed by atoms with Gasteiger partial charge in [-0.1, -0.05) is 17.8 Å². The van der Waals surface area contributed by atoms with Gasteiger partial charge in [0.05, 0.1) is 24.8 Å². The number of aliphatic hydroxyl groups excluding tert-OH is 1. The van der Waals surface area contributed by atoms with Gasteiger partial charge in [-0.2, -0.15) is 0 Å². The van der Waals surface area contributed by atoms with E-state index in [-0.39, 0.29) is 12.2 Å². The van der Waals surface area contributed by atoms with Crippen LogP contribution in [0, 0.1) is 5.82 Å². The molecule has 3 rings (SSSR count). The van der Waals surface area contributed by atoms with Gasteiger partial charge in [0.2, 0.25) is 0 Å². The van der Waals surface area contributed by atoms with E-state index in [1.807, 2.05) is 18.2 Å². The number of hydrogen-bond donors (Lipinski definition) is 2. The van der Waals surface area contributed by atoms with Crippen LogP contribution in [0.15, 0.2) is 46.5 Å². The fourth-order valence-electron chi connectivity index (χ4n) is 2.03. The van der Waals surface area contributed by atoms with Gasteiger partial charge in [0.1, 0.15) is 11.6 Å². The summed E-state index contributed by atoms with van der Waals surface area (Å²) in [4.78, 5) is 8.24. The Hall–Kier alpha value is -2.05. The Morgan fingerprint density at radius 3 is 2.95 bits per heavy atom. The molecule has 0 spiro atoms. The average Bonchev–Trinajstić information content (AvgIpc) is 2.88. The van der Waals surface area contributed by atoms with E-state index in [0.29, 0.717) is 10.1 Å². The molecular formula is C15H13FN2O2S. The van der Waals surface area contributed by atoms with Crippen LogP contribution in [0.2, 0.25) is 0 Å². The Balaban J connectivity index is 1.97. The van der Waals surface area contributed by atoms with Crippen molar-refractivity contribution in [2.75, 3.05) is 7.11 Å². The highest BCUT2D eigenvalue weighted by atomic mass is 32.2. The first-order valence-electron chi connectivity index (χ1n) is 6.31. The predicted molar refractivity (Wildman–Crippen MR) is 79.1 cm³/mol. The number of nitrogens with zero attached hydrogens (tertiary/aromatic N) is 1. The minimum atomic E-state index is -0.416. The number of aromatic amines is 1. The summed E-state index contributed by atoms with van der Waals surface area (Å²) in [5, 5.41) is 9.92. The molecule has 4 nitrogen and oxygen atoms in total. The molecule has 0 fully saturated rings. The maximum Gasteiger partial charge on any atom is 0.171 e. The number of aromatic nitrogens is 2. The zero-order valence-electron chi connectivity index (χ0n) is 11.3. The van der Waals surface area contributed by atoms with Gasteiger partial charge < -0.3 is 14.8 Å². The quantitative estimate of drug-likeness (QED) is 0.776. The highest BCUT2D eigenvalue weighted by Gasteiger charge is 2.11. The molecule has 0 unspecified atom stereocenters. The van der Waals surface area contributed by atoms with E-state index in [0.717, 1.165) is 16.8 Å². The number of fused-ring (bicyclic) bond motifs is 1. The molecule has 6 heteroatoms. The molecule has 0 saturated carbocycles. The second-order valence-electron chi connectivity index (χ2n) is 4.40. The summed E-state index contributed by atoms with van der Waals surface area (Å²) in [7, 11) is 1.60. The van der Waals surface area contributed by atoms with E-state index >= 15 is 0 Å². The Labute approximate surface area is 125 Å². The molecule has 0 aliphatic rings. The normalized spacial score (nSPS) is 11.0. The van der Waals surface area contributed by atoms with Crippen LogP contribution in [-0.2, 0) is 6.61 Å². The van der Waals surface area contributed by atoms with Gasteiger partial charge in [0, 0.05) is 16.5 Å². The number of hydrogen-bond acceptors (Lipinski definition) is 4. The fraction of sp³-hybridized carbons (Fsp3) is 0.133. The van der Waals surface area contributed by atoms with Gasteiger partial charge in [-0.3, -0.25) is 0 Å². The van der Waals surface area contributed by atoms with Gasteiger partial charge in [0.25, 0.3) is 0 Å². The van der Waals surface area contributed by atoms with Crippen molar-refractivity contribution in [3.63, 3.8) is 0 Å². The molecule has 1 aromatic heterocycles. The Morgan fingerprint density at radius 1 is 1.33 bits per heavy atom. The lowest BCUT2D eigenvalue weighted by molar-refractivity contribution is 0.272. The lowest BCUT2D eigenvalue weighted by Crippen LogP contribution is -1.92. The van der Waals surface area contributed by atoms with Crippen LogP contribution in [0.5, 0.6) is 5.75 Å². The van der Waals surface area contributed by atoms with E-state index in [4.69, 9.17) is 4.74 Å². The van der Waals surface area contributed by atoms with E-state index in [1.54, 1.807) is 19.2 Å². The summed E-state index contributed by atoms with van der Waals surface area (Å²) in [5.74, 6) is 0.324. The number of imidazole rings is 1. The average molecular weight is 304 g/mol. The molecular weight excluding hydrogens is 291 g/mol. The van der Waals surface area contributed by atoms with Gasteiger partial charge in [-0.25, -0.2) is 9.37 Å². The summed E-state index contributed by atoms with van der Waals surface area (Å²) in [6.07, 6.45) is 0. The van der Waals surface area contributed by atoms with Crippen LogP contribution in [0.3, 0.4) is 0 Å². The van der Waals surface area contributed by atoms with E-state index in [2.05, 4.69) is 9.97 Å².